The molecule has 6 nitrogen and oxygen atoms in total. The molecule has 2 atom stereocenters. The zero-order chi connectivity index (χ0) is 21.2. The van der Waals surface area contributed by atoms with Gasteiger partial charge in [-0.3, -0.25) is 9.59 Å². The summed E-state index contributed by atoms with van der Waals surface area (Å²) in [5.74, 6) is -1.50. The third-order valence-corrected chi connectivity index (χ3v) is 4.84. The minimum absolute atomic E-state index is 0.0984. The van der Waals surface area contributed by atoms with Gasteiger partial charge < -0.3 is 14.8 Å². The fourth-order valence-electron chi connectivity index (χ4n) is 2.95. The summed E-state index contributed by atoms with van der Waals surface area (Å²) in [5, 5.41) is 2.71. The van der Waals surface area contributed by atoms with Crippen molar-refractivity contribution in [1.82, 2.24) is 5.32 Å². The van der Waals surface area contributed by atoms with Crippen LogP contribution in [0.4, 0.5) is 0 Å². The van der Waals surface area contributed by atoms with Gasteiger partial charge in [-0.05, 0) is 29.2 Å². The highest BCUT2D eigenvalue weighted by atomic mass is 16.5. The summed E-state index contributed by atoms with van der Waals surface area (Å²) in [5.41, 5.74) is 2.14. The Morgan fingerprint density at radius 3 is 2.24 bits per heavy atom. The summed E-state index contributed by atoms with van der Waals surface area (Å²) >= 11 is 0. The topological polar surface area (TPSA) is 81.7 Å². The molecule has 2 aromatic carbocycles. The van der Waals surface area contributed by atoms with Gasteiger partial charge in [-0.2, -0.15) is 0 Å². The SMILES string of the molecule is CC[C@H](C)[C@@H](C(=O)OCC(=O)NCc1ccc(C(=O)OC)cc1)c1ccccc1. The lowest BCUT2D eigenvalue weighted by Crippen LogP contribution is -2.30. The van der Waals surface area contributed by atoms with Gasteiger partial charge in [-0.15, -0.1) is 0 Å². The van der Waals surface area contributed by atoms with E-state index in [0.29, 0.717) is 5.56 Å². The van der Waals surface area contributed by atoms with Crippen molar-refractivity contribution in [3.8, 4) is 0 Å². The number of nitrogens with one attached hydrogen (secondary N) is 1. The lowest BCUT2D eigenvalue weighted by Gasteiger charge is -2.21. The molecule has 1 N–H and O–H groups in total. The predicted molar refractivity (Wildman–Crippen MR) is 109 cm³/mol. The number of methoxy groups -OCH3 is 1. The summed E-state index contributed by atoms with van der Waals surface area (Å²) in [6.45, 7) is 3.95. The summed E-state index contributed by atoms with van der Waals surface area (Å²) < 4.78 is 9.93. The minimum Gasteiger partial charge on any atom is -0.465 e. The normalized spacial score (nSPS) is 12.5. The van der Waals surface area contributed by atoms with Crippen LogP contribution in [-0.4, -0.2) is 31.6 Å². The Morgan fingerprint density at radius 1 is 1.00 bits per heavy atom. The minimum atomic E-state index is -0.415. The van der Waals surface area contributed by atoms with Gasteiger partial charge in [-0.1, -0.05) is 62.7 Å². The molecule has 0 aliphatic heterocycles. The summed E-state index contributed by atoms with van der Waals surface area (Å²) in [7, 11) is 1.32. The first-order valence-electron chi connectivity index (χ1n) is 9.61. The number of ether oxygens (including phenoxy) is 2. The first-order chi connectivity index (χ1) is 14.0. The largest absolute Gasteiger partial charge is 0.465 e. The molecule has 0 spiro atoms. The third-order valence-electron chi connectivity index (χ3n) is 4.84. The second-order valence-electron chi connectivity index (χ2n) is 6.85. The monoisotopic (exact) mass is 397 g/mol. The van der Waals surface area contributed by atoms with Crippen molar-refractivity contribution < 1.29 is 23.9 Å². The molecule has 154 valence electrons. The van der Waals surface area contributed by atoms with Crippen LogP contribution >= 0.6 is 0 Å². The average Bonchev–Trinajstić information content (AvgIpc) is 2.76. The van der Waals surface area contributed by atoms with Crippen molar-refractivity contribution in [2.24, 2.45) is 5.92 Å². The van der Waals surface area contributed by atoms with Crippen LogP contribution in [0.25, 0.3) is 0 Å². The Balaban J connectivity index is 1.87. The first-order valence-corrected chi connectivity index (χ1v) is 9.61. The molecule has 0 aliphatic carbocycles. The van der Waals surface area contributed by atoms with E-state index in [1.54, 1.807) is 24.3 Å². The van der Waals surface area contributed by atoms with E-state index in [4.69, 9.17) is 4.74 Å². The molecule has 0 unspecified atom stereocenters. The quantitative estimate of drug-likeness (QED) is 0.656. The molecule has 29 heavy (non-hydrogen) atoms. The second kappa shape index (κ2) is 11.0. The Labute approximate surface area is 171 Å². The maximum absolute atomic E-state index is 12.6. The van der Waals surface area contributed by atoms with Gasteiger partial charge in [0.25, 0.3) is 5.91 Å². The molecule has 0 bridgehead atoms. The highest BCUT2D eigenvalue weighted by Gasteiger charge is 2.27. The number of esters is 2. The van der Waals surface area contributed by atoms with Crippen molar-refractivity contribution in [2.45, 2.75) is 32.7 Å². The number of carbonyl (C=O) groups is 3. The van der Waals surface area contributed by atoms with Crippen LogP contribution in [0.1, 0.15) is 47.7 Å². The fourth-order valence-corrected chi connectivity index (χ4v) is 2.95. The van der Waals surface area contributed by atoms with Crippen molar-refractivity contribution in [2.75, 3.05) is 13.7 Å². The van der Waals surface area contributed by atoms with Gasteiger partial charge in [0.15, 0.2) is 6.61 Å². The van der Waals surface area contributed by atoms with Gasteiger partial charge in [0.05, 0.1) is 18.6 Å². The summed E-state index contributed by atoms with van der Waals surface area (Å²) in [4.78, 5) is 36.1. The maximum Gasteiger partial charge on any atom is 0.337 e. The number of benzene rings is 2. The van der Waals surface area contributed by atoms with E-state index in [9.17, 15) is 14.4 Å². The van der Waals surface area contributed by atoms with Crippen LogP contribution in [0, 0.1) is 5.92 Å². The third kappa shape index (κ3) is 6.45. The van der Waals surface area contributed by atoms with E-state index in [2.05, 4.69) is 10.1 Å². The molecule has 2 rings (SSSR count). The zero-order valence-corrected chi connectivity index (χ0v) is 17.0. The fraction of sp³-hybridized carbons (Fsp3) is 0.348. The predicted octanol–water partition coefficient (Wildman–Crippen LogP) is 3.46. The van der Waals surface area contributed by atoms with Gasteiger partial charge in [0.1, 0.15) is 0 Å². The van der Waals surface area contributed by atoms with Crippen molar-refractivity contribution in [3.05, 3.63) is 71.3 Å². The van der Waals surface area contributed by atoms with Crippen LogP contribution in [0.15, 0.2) is 54.6 Å². The molecule has 0 radical (unpaired) electrons. The molecular weight excluding hydrogens is 370 g/mol. The molecule has 0 fully saturated rings. The van der Waals surface area contributed by atoms with Gasteiger partial charge in [0, 0.05) is 6.54 Å². The molecule has 6 heteroatoms. The van der Waals surface area contributed by atoms with Crippen molar-refractivity contribution >= 4 is 17.8 Å². The lowest BCUT2D eigenvalue weighted by molar-refractivity contribution is -0.151. The molecule has 0 aromatic heterocycles. The number of carbonyl (C=O) groups excluding carboxylic acids is 3. The smallest absolute Gasteiger partial charge is 0.337 e. The van der Waals surface area contributed by atoms with Crippen LogP contribution < -0.4 is 5.32 Å². The maximum atomic E-state index is 12.6. The number of hydrogen-bond acceptors (Lipinski definition) is 5. The Hall–Kier alpha value is -3.15. The Kier molecular flexibility index (Phi) is 8.40. The van der Waals surface area contributed by atoms with E-state index in [-0.39, 0.29) is 25.0 Å². The molecule has 0 saturated carbocycles. The second-order valence-corrected chi connectivity index (χ2v) is 6.85. The van der Waals surface area contributed by atoms with Gasteiger partial charge in [0.2, 0.25) is 0 Å². The summed E-state index contributed by atoms with van der Waals surface area (Å²) in [6, 6.07) is 16.2. The van der Waals surface area contributed by atoms with E-state index in [1.807, 2.05) is 44.2 Å². The van der Waals surface area contributed by atoms with E-state index < -0.39 is 17.9 Å². The van der Waals surface area contributed by atoms with Crippen molar-refractivity contribution in [1.29, 1.82) is 0 Å². The summed E-state index contributed by atoms with van der Waals surface area (Å²) in [6.07, 6.45) is 0.822. The van der Waals surface area contributed by atoms with E-state index in [1.165, 1.54) is 7.11 Å². The molecule has 0 saturated heterocycles. The Morgan fingerprint density at radius 2 is 1.66 bits per heavy atom. The van der Waals surface area contributed by atoms with Crippen LogP contribution in [0.3, 0.4) is 0 Å². The highest BCUT2D eigenvalue weighted by molar-refractivity contribution is 5.89. The Bertz CT molecular complexity index is 817. The molecule has 0 heterocycles. The van der Waals surface area contributed by atoms with Crippen LogP contribution in [0.5, 0.6) is 0 Å². The first kappa shape index (κ1) is 22.1. The molecule has 2 aromatic rings. The molecule has 0 aliphatic rings. The zero-order valence-electron chi connectivity index (χ0n) is 17.0. The number of rotatable bonds is 9. The van der Waals surface area contributed by atoms with Crippen LogP contribution in [0.2, 0.25) is 0 Å². The standard InChI is InChI=1S/C23H27NO5/c1-4-16(2)21(18-8-6-5-7-9-18)23(27)29-15-20(25)24-14-17-10-12-19(13-11-17)22(26)28-3/h5-13,16,21H,4,14-15H2,1-3H3,(H,24,25)/t16-,21+/m0/s1. The van der Waals surface area contributed by atoms with E-state index in [0.717, 1.165) is 17.5 Å². The van der Waals surface area contributed by atoms with Crippen LogP contribution in [-0.2, 0) is 25.6 Å². The molecule has 1 amide bonds. The van der Waals surface area contributed by atoms with Gasteiger partial charge in [-0.25, -0.2) is 4.79 Å². The highest BCUT2D eigenvalue weighted by Crippen LogP contribution is 2.28. The number of amides is 1. The van der Waals surface area contributed by atoms with Gasteiger partial charge >= 0.3 is 11.9 Å². The number of hydrogen-bond donors (Lipinski definition) is 1. The van der Waals surface area contributed by atoms with E-state index >= 15 is 0 Å². The lowest BCUT2D eigenvalue weighted by atomic mass is 9.86. The van der Waals surface area contributed by atoms with Crippen molar-refractivity contribution in [3.63, 3.8) is 0 Å². The average molecular weight is 397 g/mol. The molecular formula is C23H27NO5.